The molecule has 1 aliphatic rings. The van der Waals surface area contributed by atoms with Gasteiger partial charge in [-0.15, -0.1) is 0 Å². The van der Waals surface area contributed by atoms with E-state index in [0.29, 0.717) is 12.0 Å². The lowest BCUT2D eigenvalue weighted by atomic mass is 9.95. The molecule has 0 radical (unpaired) electrons. The molecule has 1 heterocycles. The topological polar surface area (TPSA) is 52.6 Å². The van der Waals surface area contributed by atoms with E-state index in [1.807, 2.05) is 42.5 Å². The summed E-state index contributed by atoms with van der Waals surface area (Å²) < 4.78 is 0. The van der Waals surface area contributed by atoms with E-state index in [1.165, 1.54) is 12.8 Å². The number of nitrogens with one attached hydrogen (secondary N) is 1. The van der Waals surface area contributed by atoms with Gasteiger partial charge in [-0.25, -0.2) is 4.79 Å². The number of rotatable bonds is 6. The van der Waals surface area contributed by atoms with E-state index in [9.17, 15) is 9.90 Å². The van der Waals surface area contributed by atoms with Crippen LogP contribution in [0.15, 0.2) is 48.5 Å². The van der Waals surface area contributed by atoms with Gasteiger partial charge in [-0.3, -0.25) is 10.2 Å². The Morgan fingerprint density at radius 3 is 2.65 bits per heavy atom. The minimum Gasteiger partial charge on any atom is -0.465 e. The molecule has 2 N–H and O–H groups in total. The van der Waals surface area contributed by atoms with E-state index in [0.717, 1.165) is 41.9 Å². The highest BCUT2D eigenvalue weighted by atomic mass is 16.4. The van der Waals surface area contributed by atoms with Crippen LogP contribution >= 0.6 is 0 Å². The highest BCUT2D eigenvalue weighted by molar-refractivity contribution is 5.92. The standard InChI is InChI=1S/C22H28N2O2/c1-16(2)15-24-13-7-11-19(24)14-18-10-6-12-20(21(18)23-22(25)26)17-8-4-3-5-9-17/h3-6,8-10,12,16,19,23H,7,11,13-15H2,1-2H3,(H,25,26). The maximum atomic E-state index is 11.4. The number of nitrogens with zero attached hydrogens (tertiary/aromatic N) is 1. The molecule has 3 rings (SSSR count). The van der Waals surface area contributed by atoms with Crippen molar-refractivity contribution in [3.63, 3.8) is 0 Å². The lowest BCUT2D eigenvalue weighted by Gasteiger charge is -2.27. The largest absolute Gasteiger partial charge is 0.465 e. The van der Waals surface area contributed by atoms with Gasteiger partial charge in [-0.05, 0) is 42.9 Å². The summed E-state index contributed by atoms with van der Waals surface area (Å²) >= 11 is 0. The smallest absolute Gasteiger partial charge is 0.409 e. The van der Waals surface area contributed by atoms with E-state index in [1.54, 1.807) is 0 Å². The first-order valence-electron chi connectivity index (χ1n) is 9.46. The lowest BCUT2D eigenvalue weighted by molar-refractivity contribution is 0.209. The predicted octanol–water partition coefficient (Wildman–Crippen LogP) is 5.11. The Morgan fingerprint density at radius 2 is 1.96 bits per heavy atom. The normalized spacial score (nSPS) is 17.6. The van der Waals surface area contributed by atoms with Crippen molar-refractivity contribution >= 4 is 11.8 Å². The van der Waals surface area contributed by atoms with Crippen LogP contribution < -0.4 is 5.32 Å². The van der Waals surface area contributed by atoms with Crippen molar-refractivity contribution in [2.24, 2.45) is 5.92 Å². The molecular formula is C22H28N2O2. The number of likely N-dealkylation sites (tertiary alicyclic amines) is 1. The molecule has 138 valence electrons. The summed E-state index contributed by atoms with van der Waals surface area (Å²) in [5.74, 6) is 0.642. The molecule has 4 heteroatoms. The van der Waals surface area contributed by atoms with E-state index in [2.05, 4.69) is 30.1 Å². The second kappa shape index (κ2) is 8.37. The average Bonchev–Trinajstić information content (AvgIpc) is 3.03. The fourth-order valence-corrected chi connectivity index (χ4v) is 3.97. The molecule has 0 spiro atoms. The number of anilines is 1. The van der Waals surface area contributed by atoms with Gasteiger partial charge in [0.15, 0.2) is 0 Å². The molecule has 0 saturated carbocycles. The van der Waals surface area contributed by atoms with Gasteiger partial charge in [-0.1, -0.05) is 62.4 Å². The van der Waals surface area contributed by atoms with Crippen molar-refractivity contribution < 1.29 is 9.90 Å². The van der Waals surface area contributed by atoms with Crippen molar-refractivity contribution in [3.8, 4) is 11.1 Å². The first-order valence-corrected chi connectivity index (χ1v) is 9.46. The van der Waals surface area contributed by atoms with Crippen LogP contribution in [0, 0.1) is 5.92 Å². The average molecular weight is 352 g/mol. The Morgan fingerprint density at radius 1 is 1.19 bits per heavy atom. The van der Waals surface area contributed by atoms with Gasteiger partial charge in [0.1, 0.15) is 0 Å². The molecule has 1 unspecified atom stereocenters. The summed E-state index contributed by atoms with van der Waals surface area (Å²) in [6.07, 6.45) is 2.26. The van der Waals surface area contributed by atoms with E-state index >= 15 is 0 Å². The third-order valence-corrected chi connectivity index (χ3v) is 5.02. The van der Waals surface area contributed by atoms with Crippen LogP contribution in [-0.2, 0) is 6.42 Å². The molecule has 4 nitrogen and oxygen atoms in total. The third kappa shape index (κ3) is 4.44. The Kier molecular flexibility index (Phi) is 5.94. The van der Waals surface area contributed by atoms with E-state index in [-0.39, 0.29) is 0 Å². The van der Waals surface area contributed by atoms with Gasteiger partial charge < -0.3 is 5.11 Å². The first kappa shape index (κ1) is 18.5. The quantitative estimate of drug-likeness (QED) is 0.760. The summed E-state index contributed by atoms with van der Waals surface area (Å²) in [5.41, 5.74) is 3.78. The molecule has 1 fully saturated rings. The molecule has 2 aromatic carbocycles. The van der Waals surface area contributed by atoms with Crippen molar-refractivity contribution in [2.45, 2.75) is 39.2 Å². The van der Waals surface area contributed by atoms with Crippen molar-refractivity contribution in [2.75, 3.05) is 18.4 Å². The number of benzene rings is 2. The summed E-state index contributed by atoms with van der Waals surface area (Å²) in [5, 5.41) is 12.0. The second-order valence-electron chi connectivity index (χ2n) is 7.52. The van der Waals surface area contributed by atoms with Crippen LogP contribution in [0.25, 0.3) is 11.1 Å². The maximum absolute atomic E-state index is 11.4. The summed E-state index contributed by atoms with van der Waals surface area (Å²) in [6, 6.07) is 16.5. The SMILES string of the molecule is CC(C)CN1CCCC1Cc1cccc(-c2ccccc2)c1NC(=O)O. The molecule has 0 bridgehead atoms. The van der Waals surface area contributed by atoms with Crippen molar-refractivity contribution in [1.29, 1.82) is 0 Å². The zero-order valence-electron chi connectivity index (χ0n) is 15.6. The number of amides is 1. The fraction of sp³-hybridized carbons (Fsp3) is 0.409. The summed E-state index contributed by atoms with van der Waals surface area (Å²) in [7, 11) is 0. The summed E-state index contributed by atoms with van der Waals surface area (Å²) in [6.45, 7) is 6.75. The number of para-hydroxylation sites is 1. The minimum atomic E-state index is -1.01. The molecule has 0 aliphatic carbocycles. The summed E-state index contributed by atoms with van der Waals surface area (Å²) in [4.78, 5) is 14.0. The third-order valence-electron chi connectivity index (χ3n) is 5.02. The van der Waals surface area contributed by atoms with Crippen molar-refractivity contribution in [1.82, 2.24) is 4.90 Å². The van der Waals surface area contributed by atoms with Crippen LogP contribution in [0.5, 0.6) is 0 Å². The highest BCUT2D eigenvalue weighted by Gasteiger charge is 2.26. The zero-order chi connectivity index (χ0) is 18.5. The fourth-order valence-electron chi connectivity index (χ4n) is 3.97. The Hall–Kier alpha value is -2.33. The Labute approximate surface area is 155 Å². The van der Waals surface area contributed by atoms with Gasteiger partial charge >= 0.3 is 6.09 Å². The van der Waals surface area contributed by atoms with Gasteiger partial charge in [0.05, 0.1) is 5.69 Å². The number of hydrogen-bond donors (Lipinski definition) is 2. The lowest BCUT2D eigenvalue weighted by Crippen LogP contribution is -2.34. The van der Waals surface area contributed by atoms with E-state index in [4.69, 9.17) is 0 Å². The predicted molar refractivity (Wildman–Crippen MR) is 107 cm³/mol. The van der Waals surface area contributed by atoms with Crippen LogP contribution in [0.1, 0.15) is 32.3 Å². The van der Waals surface area contributed by atoms with Crippen LogP contribution in [-0.4, -0.2) is 35.2 Å². The second-order valence-corrected chi connectivity index (χ2v) is 7.52. The monoisotopic (exact) mass is 352 g/mol. The van der Waals surface area contributed by atoms with Gasteiger partial charge in [0, 0.05) is 18.2 Å². The molecule has 1 aliphatic heterocycles. The Bertz CT molecular complexity index is 743. The molecule has 2 aromatic rings. The van der Waals surface area contributed by atoms with Gasteiger partial charge in [0.2, 0.25) is 0 Å². The molecule has 1 amide bonds. The van der Waals surface area contributed by atoms with Gasteiger partial charge in [0.25, 0.3) is 0 Å². The number of carbonyl (C=O) groups is 1. The minimum absolute atomic E-state index is 0.484. The van der Waals surface area contributed by atoms with Crippen LogP contribution in [0.2, 0.25) is 0 Å². The number of carboxylic acid groups (broad SMARTS) is 1. The Balaban J connectivity index is 1.92. The molecule has 1 atom stereocenters. The molecule has 26 heavy (non-hydrogen) atoms. The molecule has 1 saturated heterocycles. The van der Waals surface area contributed by atoms with Gasteiger partial charge in [-0.2, -0.15) is 0 Å². The van der Waals surface area contributed by atoms with Crippen LogP contribution in [0.4, 0.5) is 10.5 Å². The van der Waals surface area contributed by atoms with Crippen LogP contribution in [0.3, 0.4) is 0 Å². The van der Waals surface area contributed by atoms with E-state index < -0.39 is 6.09 Å². The molecule has 0 aromatic heterocycles. The molecular weight excluding hydrogens is 324 g/mol. The first-order chi connectivity index (χ1) is 12.5. The number of hydrogen-bond acceptors (Lipinski definition) is 2. The van der Waals surface area contributed by atoms with Crippen molar-refractivity contribution in [3.05, 3.63) is 54.1 Å². The highest BCUT2D eigenvalue weighted by Crippen LogP contribution is 2.33. The zero-order valence-corrected chi connectivity index (χ0v) is 15.6. The maximum Gasteiger partial charge on any atom is 0.409 e.